The fourth-order valence-electron chi connectivity index (χ4n) is 7.71. The minimum atomic E-state index is -3.71. The van der Waals surface area contributed by atoms with Gasteiger partial charge in [0, 0.05) is 25.7 Å². The normalized spacial score (nSPS) is 16.1. The second kappa shape index (κ2) is 18.5. The van der Waals surface area contributed by atoms with Crippen LogP contribution in [0.1, 0.15) is 101 Å². The van der Waals surface area contributed by atoms with Gasteiger partial charge >= 0.3 is 0 Å². The van der Waals surface area contributed by atoms with Crippen LogP contribution in [-0.4, -0.2) is 50.4 Å². The van der Waals surface area contributed by atoms with Crippen molar-refractivity contribution in [3.63, 3.8) is 0 Å². The molecule has 1 fully saturated rings. The molecule has 0 saturated carbocycles. The third-order valence-electron chi connectivity index (χ3n) is 10.3. The molecule has 5 nitrogen and oxygen atoms in total. The third-order valence-corrected chi connectivity index (χ3v) is 12.3. The van der Waals surface area contributed by atoms with Crippen LogP contribution in [0.5, 0.6) is 5.75 Å². The van der Waals surface area contributed by atoms with E-state index in [1.165, 1.54) is 74.5 Å². The van der Waals surface area contributed by atoms with Crippen LogP contribution in [-0.2, 0) is 15.6 Å². The molecule has 49 heavy (non-hydrogen) atoms. The molecule has 1 heterocycles. The lowest BCUT2D eigenvalue weighted by molar-refractivity contribution is 0.0664. The Morgan fingerprint density at radius 3 is 1.51 bits per heavy atom. The van der Waals surface area contributed by atoms with Crippen LogP contribution in [0.2, 0.25) is 0 Å². The maximum Gasteiger partial charge on any atom is 0.243 e. The number of ether oxygens (including phenoxy) is 1. The lowest BCUT2D eigenvalue weighted by atomic mass is 9.75. The predicted molar refractivity (Wildman–Crippen MR) is 203 cm³/mol. The molecule has 4 aromatic rings. The number of hydrogen-bond donors (Lipinski definition) is 0. The highest BCUT2D eigenvalue weighted by atomic mass is 32.2. The number of rotatable bonds is 19. The molecule has 1 saturated heterocycles. The number of nitrogens with zero attached hydrogens (tertiary/aromatic N) is 2. The zero-order chi connectivity index (χ0) is 34.4. The molecule has 0 spiro atoms. The zero-order valence-corrected chi connectivity index (χ0v) is 30.5. The van der Waals surface area contributed by atoms with Crippen LogP contribution >= 0.6 is 0 Å². The topological polar surface area (TPSA) is 49.9 Å². The van der Waals surface area contributed by atoms with E-state index in [9.17, 15) is 8.42 Å². The molecule has 1 aliphatic heterocycles. The second-order valence-electron chi connectivity index (χ2n) is 13.5. The Labute approximate surface area is 296 Å². The minimum Gasteiger partial charge on any atom is -0.497 e. The number of piperazine rings is 1. The Morgan fingerprint density at radius 2 is 1.06 bits per heavy atom. The number of unbranched alkanes of at least 4 members (excludes halogenated alkanes) is 10. The summed E-state index contributed by atoms with van der Waals surface area (Å²) in [7, 11) is -2.11. The summed E-state index contributed by atoms with van der Waals surface area (Å²) in [6.07, 6.45) is 14.8. The predicted octanol–water partition coefficient (Wildman–Crippen LogP) is 10.1. The smallest absolute Gasteiger partial charge is 0.243 e. The number of sulfonamides is 1. The molecular weight excluding hydrogens is 625 g/mol. The first-order chi connectivity index (χ1) is 24.0. The molecule has 0 aliphatic carbocycles. The van der Waals surface area contributed by atoms with Gasteiger partial charge in [-0.3, -0.25) is 4.90 Å². The molecule has 0 aromatic heterocycles. The Morgan fingerprint density at radius 1 is 0.612 bits per heavy atom. The van der Waals surface area contributed by atoms with Crippen LogP contribution in [0.25, 0.3) is 0 Å². The van der Waals surface area contributed by atoms with Gasteiger partial charge in [0.2, 0.25) is 10.0 Å². The second-order valence-corrected chi connectivity index (χ2v) is 15.4. The van der Waals surface area contributed by atoms with E-state index in [-0.39, 0.29) is 6.04 Å². The van der Waals surface area contributed by atoms with Gasteiger partial charge in [0.1, 0.15) is 5.75 Å². The summed E-state index contributed by atoms with van der Waals surface area (Å²) >= 11 is 0. The molecule has 5 rings (SSSR count). The van der Waals surface area contributed by atoms with E-state index in [1.54, 1.807) is 35.7 Å². The monoisotopic (exact) mass is 680 g/mol. The summed E-state index contributed by atoms with van der Waals surface area (Å²) in [6.45, 7) is 3.92. The summed E-state index contributed by atoms with van der Waals surface area (Å²) < 4.78 is 35.8. The van der Waals surface area contributed by atoms with Gasteiger partial charge in [0.15, 0.2) is 0 Å². The molecule has 6 heteroatoms. The fourth-order valence-corrected chi connectivity index (χ4v) is 9.35. The van der Waals surface area contributed by atoms with Crippen LogP contribution in [0.4, 0.5) is 0 Å². The summed E-state index contributed by atoms with van der Waals surface area (Å²) in [5, 5.41) is 0. The quantitative estimate of drug-likeness (QED) is 0.0731. The van der Waals surface area contributed by atoms with Crippen molar-refractivity contribution in [2.45, 2.75) is 100 Å². The first-order valence-electron chi connectivity index (χ1n) is 18.6. The van der Waals surface area contributed by atoms with Crippen molar-refractivity contribution in [1.29, 1.82) is 0 Å². The molecule has 1 aliphatic rings. The molecule has 4 aromatic carbocycles. The zero-order valence-electron chi connectivity index (χ0n) is 29.7. The molecule has 0 amide bonds. The van der Waals surface area contributed by atoms with Crippen LogP contribution in [0.3, 0.4) is 0 Å². The number of hydrogen-bond acceptors (Lipinski definition) is 4. The van der Waals surface area contributed by atoms with Crippen molar-refractivity contribution in [3.8, 4) is 5.75 Å². The molecule has 1 atom stereocenters. The minimum absolute atomic E-state index is 0.157. The number of methoxy groups -OCH3 is 1. The summed E-state index contributed by atoms with van der Waals surface area (Å²) in [5.74, 6) is 0.652. The average Bonchev–Trinajstić information content (AvgIpc) is 3.15. The van der Waals surface area contributed by atoms with E-state index >= 15 is 0 Å². The van der Waals surface area contributed by atoms with Crippen LogP contribution in [0.15, 0.2) is 120 Å². The van der Waals surface area contributed by atoms with E-state index in [0.29, 0.717) is 30.3 Å². The highest BCUT2D eigenvalue weighted by Crippen LogP contribution is 2.44. The van der Waals surface area contributed by atoms with E-state index < -0.39 is 15.6 Å². The summed E-state index contributed by atoms with van der Waals surface area (Å²) in [4.78, 5) is 2.88. The summed E-state index contributed by atoms with van der Waals surface area (Å²) in [6, 6.07) is 38.9. The van der Waals surface area contributed by atoms with Crippen LogP contribution in [0, 0.1) is 0 Å². The van der Waals surface area contributed by atoms with Crippen molar-refractivity contribution in [2.24, 2.45) is 0 Å². The fraction of sp³-hybridized carbons (Fsp3) is 0.442. The first-order valence-corrected chi connectivity index (χ1v) is 20.0. The van der Waals surface area contributed by atoms with Gasteiger partial charge in [-0.25, -0.2) is 8.42 Å². The van der Waals surface area contributed by atoms with Gasteiger partial charge in [-0.15, -0.1) is 0 Å². The third kappa shape index (κ3) is 9.02. The van der Waals surface area contributed by atoms with Crippen molar-refractivity contribution >= 4 is 10.0 Å². The molecule has 0 bridgehead atoms. The Bertz CT molecular complexity index is 1520. The molecule has 1 unspecified atom stereocenters. The molecular formula is C43H56N2O3S. The maximum absolute atomic E-state index is 14.3. The lowest BCUT2D eigenvalue weighted by Gasteiger charge is -2.51. The highest BCUT2D eigenvalue weighted by Gasteiger charge is 2.47. The van der Waals surface area contributed by atoms with Gasteiger partial charge < -0.3 is 4.74 Å². The highest BCUT2D eigenvalue weighted by molar-refractivity contribution is 7.89. The lowest BCUT2D eigenvalue weighted by Crippen LogP contribution is -2.61. The Balaban J connectivity index is 1.41. The van der Waals surface area contributed by atoms with E-state index in [0.717, 1.165) is 19.3 Å². The van der Waals surface area contributed by atoms with Crippen molar-refractivity contribution in [1.82, 2.24) is 9.21 Å². The summed E-state index contributed by atoms with van der Waals surface area (Å²) in [5.41, 5.74) is 2.99. The average molecular weight is 681 g/mol. The van der Waals surface area contributed by atoms with Gasteiger partial charge in [-0.1, -0.05) is 169 Å². The Hall–Kier alpha value is -3.45. The van der Waals surface area contributed by atoms with Gasteiger partial charge in [0.05, 0.1) is 17.5 Å². The SMILES string of the molecule is CCCCCCCCCCCCCC1CN(C(c2ccccc2)(c2ccccc2)c2ccccc2)CCN1S(=O)(=O)c1ccc(OC)cc1. The number of benzene rings is 4. The van der Waals surface area contributed by atoms with Crippen molar-refractivity contribution in [3.05, 3.63) is 132 Å². The van der Waals surface area contributed by atoms with E-state index in [2.05, 4.69) is 103 Å². The maximum atomic E-state index is 14.3. The molecule has 0 radical (unpaired) electrons. The largest absolute Gasteiger partial charge is 0.497 e. The molecule has 262 valence electrons. The van der Waals surface area contributed by atoms with E-state index in [1.807, 2.05) is 0 Å². The van der Waals surface area contributed by atoms with Crippen molar-refractivity contribution < 1.29 is 13.2 Å². The first kappa shape index (κ1) is 36.8. The van der Waals surface area contributed by atoms with E-state index in [4.69, 9.17) is 4.74 Å². The van der Waals surface area contributed by atoms with Crippen molar-refractivity contribution in [2.75, 3.05) is 26.7 Å². The van der Waals surface area contributed by atoms with Gasteiger partial charge in [0.25, 0.3) is 0 Å². The standard InChI is InChI=1S/C43H56N2O3S/c1-3-4-5-6-7-8-9-10-11-12-22-29-40-36-44(34-35-45(40)49(46,47)42-32-30-41(48-2)31-33-42)43(37-23-16-13-17-24-37,38-25-18-14-19-26-38)39-27-20-15-21-28-39/h13-21,23-28,30-33,40H,3-12,22,29,34-36H2,1-2H3. The van der Waals surface area contributed by atoms with Crippen LogP contribution < -0.4 is 4.74 Å². The molecule has 0 N–H and O–H groups in total. The van der Waals surface area contributed by atoms with Gasteiger partial charge in [-0.2, -0.15) is 4.31 Å². The Kier molecular flexibility index (Phi) is 13.9. The van der Waals surface area contributed by atoms with Gasteiger partial charge in [-0.05, 0) is 47.4 Å².